The van der Waals surface area contributed by atoms with E-state index in [2.05, 4.69) is 10.3 Å². The summed E-state index contributed by atoms with van der Waals surface area (Å²) in [5.41, 5.74) is 1.98. The fraction of sp³-hybridized carbons (Fsp3) is 0.545. The summed E-state index contributed by atoms with van der Waals surface area (Å²) in [5.74, 6) is 0. The number of hydrogen-bond donors (Lipinski definition) is 1. The zero-order valence-corrected chi connectivity index (χ0v) is 10.9. The predicted molar refractivity (Wildman–Crippen MR) is 65.1 cm³/mol. The van der Waals surface area contributed by atoms with Gasteiger partial charge in [0.25, 0.3) is 0 Å². The van der Waals surface area contributed by atoms with Gasteiger partial charge in [-0.25, -0.2) is 8.42 Å². The van der Waals surface area contributed by atoms with E-state index in [9.17, 15) is 8.42 Å². The molecule has 1 aromatic heterocycles. The fourth-order valence-corrected chi connectivity index (χ4v) is 2.47. The summed E-state index contributed by atoms with van der Waals surface area (Å²) >= 11 is 0. The molecular weight excluding hydrogens is 224 g/mol. The molecule has 2 atom stereocenters. The van der Waals surface area contributed by atoms with Crippen LogP contribution in [-0.4, -0.2) is 32.0 Å². The van der Waals surface area contributed by atoms with Gasteiger partial charge >= 0.3 is 0 Å². The van der Waals surface area contributed by atoms with Gasteiger partial charge in [-0.15, -0.1) is 0 Å². The number of rotatable bonds is 4. The first-order valence-corrected chi connectivity index (χ1v) is 7.10. The van der Waals surface area contributed by atoms with E-state index in [1.165, 1.54) is 6.26 Å². The second kappa shape index (κ2) is 4.93. The Morgan fingerprint density at radius 1 is 1.44 bits per heavy atom. The summed E-state index contributed by atoms with van der Waals surface area (Å²) in [4.78, 5) is 4.04. The van der Waals surface area contributed by atoms with Crippen LogP contribution >= 0.6 is 0 Å². The maximum Gasteiger partial charge on any atom is 0.151 e. The van der Waals surface area contributed by atoms with E-state index in [0.717, 1.165) is 11.1 Å². The number of aromatic nitrogens is 1. The molecule has 1 rings (SSSR count). The van der Waals surface area contributed by atoms with Crippen LogP contribution in [-0.2, 0) is 9.84 Å². The van der Waals surface area contributed by atoms with Crippen molar-refractivity contribution in [2.45, 2.75) is 25.1 Å². The minimum absolute atomic E-state index is 0.219. The van der Waals surface area contributed by atoms with Gasteiger partial charge in [-0.1, -0.05) is 0 Å². The van der Waals surface area contributed by atoms with Crippen LogP contribution < -0.4 is 5.32 Å². The van der Waals surface area contributed by atoms with Gasteiger partial charge in [-0.05, 0) is 38.1 Å². The first-order valence-electron chi connectivity index (χ1n) is 5.14. The first kappa shape index (κ1) is 13.1. The molecule has 1 heterocycles. The summed E-state index contributed by atoms with van der Waals surface area (Å²) in [6.07, 6.45) is 4.68. The number of hydrogen-bond acceptors (Lipinski definition) is 4. The molecule has 1 N–H and O–H groups in total. The van der Waals surface area contributed by atoms with Crippen LogP contribution in [0.15, 0.2) is 18.5 Å². The Labute approximate surface area is 97.0 Å². The standard InChI is InChI=1S/C11H18N2O2S/c1-8-5-6-13-7-10(8)11(12-3)9(2)16(4,14)15/h5-7,9,11-12H,1-4H3. The maximum absolute atomic E-state index is 11.6. The van der Waals surface area contributed by atoms with E-state index in [0.29, 0.717) is 0 Å². The Morgan fingerprint density at radius 2 is 2.06 bits per heavy atom. The second-order valence-corrected chi connectivity index (χ2v) is 6.44. The topological polar surface area (TPSA) is 59.1 Å². The number of sulfone groups is 1. The van der Waals surface area contributed by atoms with Crippen LogP contribution in [0.5, 0.6) is 0 Å². The lowest BCUT2D eigenvalue weighted by Crippen LogP contribution is -2.33. The lowest BCUT2D eigenvalue weighted by atomic mass is 10.0. The van der Waals surface area contributed by atoms with Crippen molar-refractivity contribution in [3.63, 3.8) is 0 Å². The van der Waals surface area contributed by atoms with Crippen molar-refractivity contribution >= 4 is 9.84 Å². The molecule has 0 radical (unpaired) electrons. The molecule has 0 aliphatic carbocycles. The SMILES string of the molecule is CNC(c1cnccc1C)C(C)S(C)(=O)=O. The zero-order valence-electron chi connectivity index (χ0n) is 10.1. The Balaban J connectivity index is 3.14. The molecule has 0 bridgehead atoms. The van der Waals surface area contributed by atoms with Crippen molar-refractivity contribution in [1.82, 2.24) is 10.3 Å². The summed E-state index contributed by atoms with van der Waals surface area (Å²) in [6, 6.07) is 1.66. The van der Waals surface area contributed by atoms with Crippen molar-refractivity contribution in [2.75, 3.05) is 13.3 Å². The highest BCUT2D eigenvalue weighted by atomic mass is 32.2. The van der Waals surface area contributed by atoms with Crippen molar-refractivity contribution in [3.8, 4) is 0 Å². The van der Waals surface area contributed by atoms with Crippen LogP contribution in [0.25, 0.3) is 0 Å². The van der Waals surface area contributed by atoms with E-state index in [1.54, 1.807) is 26.4 Å². The predicted octanol–water partition coefficient (Wildman–Crippen LogP) is 1.08. The highest BCUT2D eigenvalue weighted by molar-refractivity contribution is 7.91. The fourth-order valence-electron chi connectivity index (χ4n) is 1.69. The molecule has 1 aromatic rings. The molecule has 0 aliphatic heterocycles. The summed E-state index contributed by atoms with van der Waals surface area (Å²) in [5, 5.41) is 2.57. The molecule has 5 heteroatoms. The maximum atomic E-state index is 11.6. The largest absolute Gasteiger partial charge is 0.312 e. The molecular formula is C11H18N2O2S. The van der Waals surface area contributed by atoms with Gasteiger partial charge in [0.2, 0.25) is 0 Å². The molecule has 0 saturated carbocycles. The summed E-state index contributed by atoms with van der Waals surface area (Å²) in [7, 11) is -1.31. The van der Waals surface area contributed by atoms with Gasteiger partial charge in [-0.3, -0.25) is 4.98 Å². The highest BCUT2D eigenvalue weighted by Gasteiger charge is 2.27. The molecule has 90 valence electrons. The lowest BCUT2D eigenvalue weighted by Gasteiger charge is -2.23. The molecule has 2 unspecified atom stereocenters. The van der Waals surface area contributed by atoms with Crippen LogP contribution in [0.4, 0.5) is 0 Å². The molecule has 0 fully saturated rings. The lowest BCUT2D eigenvalue weighted by molar-refractivity contribution is 0.532. The van der Waals surface area contributed by atoms with Gasteiger partial charge in [0.05, 0.1) is 11.3 Å². The molecule has 0 aromatic carbocycles. The zero-order chi connectivity index (χ0) is 12.3. The van der Waals surface area contributed by atoms with E-state index in [1.807, 2.05) is 13.0 Å². The van der Waals surface area contributed by atoms with Crippen molar-refractivity contribution in [1.29, 1.82) is 0 Å². The average Bonchev–Trinajstić information content (AvgIpc) is 2.20. The van der Waals surface area contributed by atoms with Crippen LogP contribution in [0.2, 0.25) is 0 Å². The number of pyridine rings is 1. The first-order chi connectivity index (χ1) is 7.38. The third kappa shape index (κ3) is 2.80. The summed E-state index contributed by atoms with van der Waals surface area (Å²) in [6.45, 7) is 3.67. The second-order valence-electron chi connectivity index (χ2n) is 4.03. The number of aryl methyl sites for hydroxylation is 1. The number of nitrogens with one attached hydrogen (secondary N) is 1. The van der Waals surface area contributed by atoms with E-state index >= 15 is 0 Å². The minimum atomic E-state index is -3.07. The van der Waals surface area contributed by atoms with Gasteiger partial charge in [0.15, 0.2) is 9.84 Å². The molecule has 4 nitrogen and oxygen atoms in total. The highest BCUT2D eigenvalue weighted by Crippen LogP contribution is 2.23. The van der Waals surface area contributed by atoms with Crippen LogP contribution in [0, 0.1) is 6.92 Å². The van der Waals surface area contributed by atoms with E-state index < -0.39 is 15.1 Å². The van der Waals surface area contributed by atoms with Gasteiger partial charge < -0.3 is 5.32 Å². The molecule has 16 heavy (non-hydrogen) atoms. The van der Waals surface area contributed by atoms with E-state index in [-0.39, 0.29) is 6.04 Å². The average molecular weight is 242 g/mol. The Bertz CT molecular complexity index is 457. The molecule has 0 amide bonds. The van der Waals surface area contributed by atoms with Crippen molar-refractivity contribution < 1.29 is 8.42 Å². The minimum Gasteiger partial charge on any atom is -0.312 e. The quantitative estimate of drug-likeness (QED) is 0.858. The van der Waals surface area contributed by atoms with Crippen LogP contribution in [0.3, 0.4) is 0 Å². The Kier molecular flexibility index (Phi) is 4.04. The van der Waals surface area contributed by atoms with Gasteiger partial charge in [0, 0.05) is 18.6 Å². The normalized spacial score (nSPS) is 15.8. The Morgan fingerprint density at radius 3 is 2.50 bits per heavy atom. The van der Waals surface area contributed by atoms with Gasteiger partial charge in [0.1, 0.15) is 0 Å². The van der Waals surface area contributed by atoms with Crippen molar-refractivity contribution in [3.05, 3.63) is 29.6 Å². The summed E-state index contributed by atoms with van der Waals surface area (Å²) < 4.78 is 23.1. The number of nitrogens with zero attached hydrogens (tertiary/aromatic N) is 1. The third-order valence-electron chi connectivity index (χ3n) is 2.87. The van der Waals surface area contributed by atoms with E-state index in [4.69, 9.17) is 0 Å². The Hall–Kier alpha value is -0.940. The van der Waals surface area contributed by atoms with Crippen molar-refractivity contribution in [2.24, 2.45) is 0 Å². The monoisotopic (exact) mass is 242 g/mol. The smallest absolute Gasteiger partial charge is 0.151 e. The third-order valence-corrected chi connectivity index (χ3v) is 4.49. The van der Waals surface area contributed by atoms with Crippen LogP contribution in [0.1, 0.15) is 24.1 Å². The molecule has 0 aliphatic rings. The molecule has 0 spiro atoms. The van der Waals surface area contributed by atoms with Gasteiger partial charge in [-0.2, -0.15) is 0 Å². The molecule has 0 saturated heterocycles.